The molecule has 0 aromatic rings. The second kappa shape index (κ2) is 4.27. The molecule has 0 aromatic carbocycles. The molecule has 0 unspecified atom stereocenters. The van der Waals surface area contributed by atoms with Crippen LogP contribution in [0.15, 0.2) is 0 Å². The number of hydrogen-bond acceptors (Lipinski definition) is 0. The van der Waals surface area contributed by atoms with E-state index in [2.05, 4.69) is 57.5 Å². The van der Waals surface area contributed by atoms with Gasteiger partial charge in [0, 0.05) is 4.32 Å². The lowest BCUT2D eigenvalue weighted by Gasteiger charge is -2.73. The highest BCUT2D eigenvalue weighted by Gasteiger charge is 2.68. The van der Waals surface area contributed by atoms with Crippen LogP contribution in [-0.2, 0) is 0 Å². The monoisotopic (exact) mass is 340 g/mol. The van der Waals surface area contributed by atoms with E-state index in [1.807, 2.05) is 0 Å². The maximum Gasteiger partial charge on any atom is 0.0274 e. The first kappa shape index (κ1) is 15.4. The highest BCUT2D eigenvalue weighted by atomic mass is 79.9. The third kappa shape index (κ3) is 1.90. The second-order valence-corrected chi connectivity index (χ2v) is 11.4. The van der Waals surface area contributed by atoms with Gasteiger partial charge in [-0.1, -0.05) is 57.5 Å². The number of hydrogen-bond donors (Lipinski definition) is 0. The fourth-order valence-corrected chi connectivity index (χ4v) is 8.26. The van der Waals surface area contributed by atoms with Crippen molar-refractivity contribution in [2.24, 2.45) is 34.0 Å². The molecule has 0 atom stereocenters. The Bertz CT molecular complexity index is 338. The van der Waals surface area contributed by atoms with Crippen molar-refractivity contribution in [1.82, 2.24) is 0 Å². The summed E-state index contributed by atoms with van der Waals surface area (Å²) in [6.45, 7) is 14.9. The van der Waals surface area contributed by atoms with E-state index in [1.165, 1.54) is 38.5 Å². The molecule has 4 aliphatic rings. The molecular formula is C19H33Br. The summed E-state index contributed by atoms with van der Waals surface area (Å²) in [5, 5.41) is 0. The highest BCUT2D eigenvalue weighted by molar-refractivity contribution is 9.10. The average Bonchev–Trinajstić information content (AvgIpc) is 2.24. The summed E-state index contributed by atoms with van der Waals surface area (Å²) in [5.74, 6) is 2.49. The van der Waals surface area contributed by atoms with E-state index in [1.54, 1.807) is 0 Å². The van der Waals surface area contributed by atoms with E-state index in [4.69, 9.17) is 0 Å². The van der Waals surface area contributed by atoms with Gasteiger partial charge in [-0.2, -0.15) is 0 Å². The Hall–Kier alpha value is 0.480. The number of halogens is 1. The van der Waals surface area contributed by atoms with Gasteiger partial charge in [0.25, 0.3) is 0 Å². The lowest BCUT2D eigenvalue weighted by atomic mass is 9.34. The van der Waals surface area contributed by atoms with Crippen molar-refractivity contribution >= 4 is 15.9 Å². The first-order valence-corrected chi connectivity index (χ1v) is 9.55. The van der Waals surface area contributed by atoms with Crippen LogP contribution in [0.2, 0.25) is 0 Å². The topological polar surface area (TPSA) is 0 Å². The largest absolute Gasteiger partial charge is 0.0853 e. The average molecular weight is 341 g/mol. The molecule has 116 valence electrons. The molecule has 0 amide bonds. The van der Waals surface area contributed by atoms with Crippen molar-refractivity contribution in [3.8, 4) is 0 Å². The zero-order valence-corrected chi connectivity index (χ0v) is 15.9. The van der Waals surface area contributed by atoms with Crippen LogP contribution in [0, 0.1) is 34.0 Å². The summed E-state index contributed by atoms with van der Waals surface area (Å²) in [6, 6.07) is 0. The maximum absolute atomic E-state index is 4.27. The number of rotatable bonds is 3. The van der Waals surface area contributed by atoms with Crippen LogP contribution in [0.4, 0.5) is 0 Å². The zero-order valence-electron chi connectivity index (χ0n) is 14.4. The Morgan fingerprint density at radius 3 is 1.00 bits per heavy atom. The van der Waals surface area contributed by atoms with E-state index < -0.39 is 0 Å². The minimum absolute atomic E-state index is 0.445. The SMILES string of the molecule is CC(C)C12CC3(Br)CC(C(C)C)(C1)CC(C(C)C)(C3)C2. The van der Waals surface area contributed by atoms with Crippen LogP contribution in [-0.4, -0.2) is 4.32 Å². The third-order valence-electron chi connectivity index (χ3n) is 7.79. The molecule has 4 saturated carbocycles. The summed E-state index contributed by atoms with van der Waals surface area (Å²) < 4.78 is 0.445. The summed E-state index contributed by atoms with van der Waals surface area (Å²) in [6.07, 6.45) is 8.78. The fraction of sp³-hybridized carbons (Fsp3) is 1.00. The van der Waals surface area contributed by atoms with Crippen molar-refractivity contribution < 1.29 is 0 Å². The van der Waals surface area contributed by atoms with Gasteiger partial charge in [-0.05, 0) is 72.5 Å². The molecule has 4 aliphatic carbocycles. The smallest absolute Gasteiger partial charge is 0.0274 e. The molecule has 0 radical (unpaired) electrons. The Morgan fingerprint density at radius 1 is 0.550 bits per heavy atom. The van der Waals surface area contributed by atoms with E-state index in [-0.39, 0.29) is 0 Å². The first-order valence-electron chi connectivity index (χ1n) is 8.76. The number of alkyl halides is 1. The van der Waals surface area contributed by atoms with Gasteiger partial charge in [0.15, 0.2) is 0 Å². The quantitative estimate of drug-likeness (QED) is 0.519. The first-order chi connectivity index (χ1) is 9.07. The van der Waals surface area contributed by atoms with Crippen LogP contribution >= 0.6 is 15.9 Å². The summed E-state index contributed by atoms with van der Waals surface area (Å²) >= 11 is 4.27. The van der Waals surface area contributed by atoms with Crippen LogP contribution < -0.4 is 0 Å². The van der Waals surface area contributed by atoms with Crippen LogP contribution in [0.25, 0.3) is 0 Å². The van der Waals surface area contributed by atoms with Gasteiger partial charge in [0.2, 0.25) is 0 Å². The molecule has 0 aromatic heterocycles. The Morgan fingerprint density at radius 2 is 0.800 bits per heavy atom. The molecule has 0 N–H and O–H groups in total. The molecule has 0 spiro atoms. The minimum Gasteiger partial charge on any atom is -0.0853 e. The van der Waals surface area contributed by atoms with Gasteiger partial charge in [-0.15, -0.1) is 0 Å². The molecule has 4 rings (SSSR count). The van der Waals surface area contributed by atoms with Crippen molar-refractivity contribution in [1.29, 1.82) is 0 Å². The Kier molecular flexibility index (Phi) is 3.28. The van der Waals surface area contributed by atoms with E-state index in [9.17, 15) is 0 Å². The summed E-state index contributed by atoms with van der Waals surface area (Å²) in [5.41, 5.74) is 1.81. The van der Waals surface area contributed by atoms with Crippen LogP contribution in [0.5, 0.6) is 0 Å². The zero-order chi connectivity index (χ0) is 15.0. The minimum atomic E-state index is 0.445. The lowest BCUT2D eigenvalue weighted by molar-refractivity contribution is -0.192. The molecule has 0 saturated heterocycles. The second-order valence-electron chi connectivity index (χ2n) is 9.76. The molecule has 4 bridgehead atoms. The fourth-order valence-electron chi connectivity index (χ4n) is 6.58. The van der Waals surface area contributed by atoms with E-state index in [0.717, 1.165) is 17.8 Å². The van der Waals surface area contributed by atoms with Gasteiger partial charge in [0.1, 0.15) is 0 Å². The third-order valence-corrected chi connectivity index (χ3v) is 8.63. The maximum atomic E-state index is 4.27. The van der Waals surface area contributed by atoms with Crippen LogP contribution in [0.1, 0.15) is 80.1 Å². The highest BCUT2D eigenvalue weighted by Crippen LogP contribution is 2.77. The van der Waals surface area contributed by atoms with Gasteiger partial charge in [0.05, 0.1) is 0 Å². The molecular weight excluding hydrogens is 308 g/mol. The van der Waals surface area contributed by atoms with Gasteiger partial charge in [-0.25, -0.2) is 0 Å². The Balaban J connectivity index is 2.12. The predicted molar refractivity (Wildman–Crippen MR) is 91.2 cm³/mol. The Labute approximate surface area is 134 Å². The summed E-state index contributed by atoms with van der Waals surface area (Å²) in [7, 11) is 0. The molecule has 20 heavy (non-hydrogen) atoms. The van der Waals surface area contributed by atoms with Crippen molar-refractivity contribution in [2.45, 2.75) is 84.4 Å². The summed E-state index contributed by atoms with van der Waals surface area (Å²) in [4.78, 5) is 0. The van der Waals surface area contributed by atoms with E-state index in [0.29, 0.717) is 20.6 Å². The van der Waals surface area contributed by atoms with Gasteiger partial charge in [-0.3, -0.25) is 0 Å². The molecule has 4 fully saturated rings. The predicted octanol–water partition coefficient (Wildman–Crippen LogP) is 6.43. The molecule has 0 heterocycles. The van der Waals surface area contributed by atoms with Crippen LogP contribution in [0.3, 0.4) is 0 Å². The normalized spacial score (nSPS) is 50.7. The van der Waals surface area contributed by atoms with Crippen molar-refractivity contribution in [3.05, 3.63) is 0 Å². The molecule has 0 nitrogen and oxygen atoms in total. The van der Waals surface area contributed by atoms with Crippen molar-refractivity contribution in [2.75, 3.05) is 0 Å². The van der Waals surface area contributed by atoms with Gasteiger partial charge < -0.3 is 0 Å². The molecule has 0 aliphatic heterocycles. The standard InChI is InChI=1S/C19H33Br/c1-13(2)16-7-17(14(3)4)9-18(8-16,15(5)6)12-19(20,10-16)11-17/h13-15H,7-12H2,1-6H3. The lowest BCUT2D eigenvalue weighted by Crippen LogP contribution is -2.65. The van der Waals surface area contributed by atoms with Gasteiger partial charge >= 0.3 is 0 Å². The van der Waals surface area contributed by atoms with Crippen molar-refractivity contribution in [3.63, 3.8) is 0 Å². The molecule has 1 heteroatoms. The van der Waals surface area contributed by atoms with E-state index >= 15 is 0 Å².